The number of hydrogen-bond acceptors (Lipinski definition) is 6. The van der Waals surface area contributed by atoms with E-state index in [2.05, 4.69) is 17.1 Å². The fourth-order valence-electron chi connectivity index (χ4n) is 6.90. The van der Waals surface area contributed by atoms with Gasteiger partial charge in [-0.05, 0) is 91.3 Å². The van der Waals surface area contributed by atoms with Crippen LogP contribution in [0.25, 0.3) is 11.1 Å². The van der Waals surface area contributed by atoms with Gasteiger partial charge in [0.2, 0.25) is 5.91 Å². The molecule has 1 unspecified atom stereocenters. The van der Waals surface area contributed by atoms with Gasteiger partial charge in [-0.15, -0.1) is 0 Å². The maximum atomic E-state index is 15.2. The van der Waals surface area contributed by atoms with Crippen molar-refractivity contribution in [1.29, 1.82) is 0 Å². The van der Waals surface area contributed by atoms with Crippen LogP contribution in [0.1, 0.15) is 61.1 Å². The molecule has 0 radical (unpaired) electrons. The van der Waals surface area contributed by atoms with Crippen LogP contribution in [0.15, 0.2) is 48.7 Å². The summed E-state index contributed by atoms with van der Waals surface area (Å²) >= 11 is 0. The molecule has 1 aromatic heterocycles. The predicted octanol–water partition coefficient (Wildman–Crippen LogP) is 6.35. The predicted molar refractivity (Wildman–Crippen MR) is 170 cm³/mol. The number of aliphatic carboxylic acids is 1. The number of amides is 1. The molecule has 1 atom stereocenters. The molecule has 0 saturated carbocycles. The Bertz CT molecular complexity index is 1560. The van der Waals surface area contributed by atoms with Crippen LogP contribution in [0.5, 0.6) is 5.75 Å². The smallest absolute Gasteiger partial charge is 0.306 e. The molecule has 1 amide bonds. The molecule has 4 heterocycles. The van der Waals surface area contributed by atoms with Crippen LogP contribution in [-0.2, 0) is 20.9 Å². The summed E-state index contributed by atoms with van der Waals surface area (Å²) in [5.41, 5.74) is 4.01. The van der Waals surface area contributed by atoms with Gasteiger partial charge in [-0.3, -0.25) is 9.59 Å². The van der Waals surface area contributed by atoms with Gasteiger partial charge in [0.05, 0.1) is 5.92 Å². The van der Waals surface area contributed by atoms with Crippen molar-refractivity contribution >= 4 is 17.7 Å². The van der Waals surface area contributed by atoms with E-state index in [0.717, 1.165) is 56.2 Å². The van der Waals surface area contributed by atoms with E-state index in [-0.39, 0.29) is 29.7 Å². The van der Waals surface area contributed by atoms with E-state index in [1.165, 1.54) is 11.6 Å². The van der Waals surface area contributed by atoms with Gasteiger partial charge in [0.1, 0.15) is 18.2 Å². The van der Waals surface area contributed by atoms with Crippen molar-refractivity contribution in [3.8, 4) is 16.9 Å². The summed E-state index contributed by atoms with van der Waals surface area (Å²) in [6.07, 6.45) is 5.98. The Labute approximate surface area is 268 Å². The van der Waals surface area contributed by atoms with E-state index in [0.29, 0.717) is 62.2 Å². The van der Waals surface area contributed by atoms with Crippen LogP contribution < -0.4 is 9.64 Å². The number of carboxylic acid groups (broad SMARTS) is 1. The first-order valence-electron chi connectivity index (χ1n) is 16.3. The lowest BCUT2D eigenvalue weighted by Crippen LogP contribution is -2.38. The highest BCUT2D eigenvalue weighted by atomic mass is 19.1. The fourth-order valence-corrected chi connectivity index (χ4v) is 6.90. The number of rotatable bonds is 9. The van der Waals surface area contributed by atoms with Crippen molar-refractivity contribution in [1.82, 2.24) is 9.88 Å². The molecule has 0 bridgehead atoms. The van der Waals surface area contributed by atoms with E-state index in [9.17, 15) is 19.1 Å². The standard InChI is InChI=1S/C36H41F2N3O5/c1-23-16-27(25-5-13-41(14-6-25)34(42)17-24-9-15-45-21-24)2-3-29(23)22-46-35-31(19-30(37)20-32(35)38)28-4-10-39-33(18-28)40-11-7-26(8-12-40)36(43)44/h2-4,10,16,18-20,24-26H,5-9,11-15,17,21-22H2,1H3,(H,43,44). The Hall–Kier alpha value is -4.05. The Balaban J connectivity index is 1.11. The third-order valence-electron chi connectivity index (χ3n) is 9.78. The average molecular weight is 634 g/mol. The maximum absolute atomic E-state index is 15.2. The number of aromatic nitrogens is 1. The zero-order valence-electron chi connectivity index (χ0n) is 26.2. The molecule has 10 heteroatoms. The van der Waals surface area contributed by atoms with Crippen LogP contribution in [0.4, 0.5) is 14.6 Å². The van der Waals surface area contributed by atoms with Gasteiger partial charge in [0.15, 0.2) is 11.6 Å². The molecule has 3 saturated heterocycles. The Morgan fingerprint density at radius 2 is 1.78 bits per heavy atom. The van der Waals surface area contributed by atoms with Crippen molar-refractivity contribution in [2.45, 2.75) is 58.0 Å². The lowest BCUT2D eigenvalue weighted by Gasteiger charge is -2.33. The number of nitrogens with zero attached hydrogens (tertiary/aromatic N) is 3. The van der Waals surface area contributed by atoms with Crippen molar-refractivity contribution in [3.05, 3.63) is 77.0 Å². The van der Waals surface area contributed by atoms with Gasteiger partial charge in [-0.2, -0.15) is 0 Å². The lowest BCUT2D eigenvalue weighted by atomic mass is 9.87. The van der Waals surface area contributed by atoms with E-state index in [4.69, 9.17) is 9.47 Å². The zero-order valence-corrected chi connectivity index (χ0v) is 26.2. The van der Waals surface area contributed by atoms with Crippen molar-refractivity contribution in [2.75, 3.05) is 44.3 Å². The molecule has 1 N–H and O–H groups in total. The van der Waals surface area contributed by atoms with Gasteiger partial charge in [-0.1, -0.05) is 18.2 Å². The van der Waals surface area contributed by atoms with Gasteiger partial charge in [0, 0.05) is 63.6 Å². The quantitative estimate of drug-likeness (QED) is 0.294. The fraction of sp³-hybridized carbons (Fsp3) is 0.472. The van der Waals surface area contributed by atoms with Crippen molar-refractivity contribution in [2.24, 2.45) is 11.8 Å². The summed E-state index contributed by atoms with van der Waals surface area (Å²) in [6.45, 7) is 6.15. The number of piperidine rings is 2. The Kier molecular flexibility index (Phi) is 9.82. The number of pyridine rings is 1. The third kappa shape index (κ3) is 7.33. The van der Waals surface area contributed by atoms with Gasteiger partial charge < -0.3 is 24.4 Å². The number of anilines is 1. The average Bonchev–Trinajstić information content (AvgIpc) is 3.58. The van der Waals surface area contributed by atoms with Gasteiger partial charge in [0.25, 0.3) is 0 Å². The summed E-state index contributed by atoms with van der Waals surface area (Å²) in [5, 5.41) is 9.32. The van der Waals surface area contributed by atoms with Crippen LogP contribution in [0.3, 0.4) is 0 Å². The second kappa shape index (κ2) is 14.2. The van der Waals surface area contributed by atoms with Crippen molar-refractivity contribution in [3.63, 3.8) is 0 Å². The molecule has 3 aliphatic rings. The number of carboxylic acids is 1. The largest absolute Gasteiger partial charge is 0.485 e. The highest BCUT2D eigenvalue weighted by Gasteiger charge is 2.28. The number of carbonyl (C=O) groups excluding carboxylic acids is 1. The molecule has 6 rings (SSSR count). The molecule has 0 aliphatic carbocycles. The minimum absolute atomic E-state index is 0.0344. The van der Waals surface area contributed by atoms with Crippen LogP contribution in [0.2, 0.25) is 0 Å². The number of carbonyl (C=O) groups is 2. The number of benzene rings is 2. The first kappa shape index (κ1) is 31.9. The van der Waals surface area contributed by atoms with Gasteiger partial charge in [-0.25, -0.2) is 13.8 Å². The number of ether oxygens (including phenoxy) is 2. The number of likely N-dealkylation sites (tertiary alicyclic amines) is 1. The molecule has 0 spiro atoms. The maximum Gasteiger partial charge on any atom is 0.306 e. The molecule has 244 valence electrons. The summed E-state index contributed by atoms with van der Waals surface area (Å²) in [7, 11) is 0. The normalized spacial score (nSPS) is 19.4. The first-order chi connectivity index (χ1) is 22.2. The number of hydrogen-bond donors (Lipinski definition) is 1. The van der Waals surface area contributed by atoms with E-state index in [1.807, 2.05) is 22.8 Å². The molecule has 3 fully saturated rings. The molecule has 3 aromatic rings. The minimum Gasteiger partial charge on any atom is -0.485 e. The molecular formula is C36H41F2N3O5. The third-order valence-corrected chi connectivity index (χ3v) is 9.78. The zero-order chi connectivity index (χ0) is 32.2. The minimum atomic E-state index is -0.789. The molecule has 46 heavy (non-hydrogen) atoms. The topological polar surface area (TPSA) is 92.2 Å². The Morgan fingerprint density at radius 1 is 1.00 bits per heavy atom. The monoisotopic (exact) mass is 633 g/mol. The van der Waals surface area contributed by atoms with Gasteiger partial charge >= 0.3 is 5.97 Å². The SMILES string of the molecule is Cc1cc(C2CCN(C(=O)CC3CCOC3)CC2)ccc1COc1c(F)cc(F)cc1-c1ccnc(N2CCC(C(=O)O)CC2)c1. The number of halogens is 2. The van der Waals surface area contributed by atoms with Crippen LogP contribution in [0, 0.1) is 30.4 Å². The summed E-state index contributed by atoms with van der Waals surface area (Å²) in [5.74, 6) is -1.12. The highest BCUT2D eigenvalue weighted by molar-refractivity contribution is 5.76. The first-order valence-corrected chi connectivity index (χ1v) is 16.3. The van der Waals surface area contributed by atoms with Crippen LogP contribution >= 0.6 is 0 Å². The van der Waals surface area contributed by atoms with E-state index in [1.54, 1.807) is 18.3 Å². The van der Waals surface area contributed by atoms with E-state index < -0.39 is 17.6 Å². The molecule has 3 aliphatic heterocycles. The molecule has 8 nitrogen and oxygen atoms in total. The second-order valence-electron chi connectivity index (χ2n) is 12.8. The highest BCUT2D eigenvalue weighted by Crippen LogP contribution is 2.37. The molecule has 2 aromatic carbocycles. The summed E-state index contributed by atoms with van der Waals surface area (Å²) < 4.78 is 41.2. The van der Waals surface area contributed by atoms with Crippen LogP contribution in [-0.4, -0.2) is 66.3 Å². The Morgan fingerprint density at radius 3 is 2.48 bits per heavy atom. The summed E-state index contributed by atoms with van der Waals surface area (Å²) in [4.78, 5) is 32.5. The number of aryl methyl sites for hydroxylation is 1. The van der Waals surface area contributed by atoms with E-state index >= 15 is 4.39 Å². The second-order valence-corrected chi connectivity index (χ2v) is 12.8. The molecular weight excluding hydrogens is 592 g/mol. The lowest BCUT2D eigenvalue weighted by molar-refractivity contribution is -0.142. The van der Waals surface area contributed by atoms with Crippen molar-refractivity contribution < 1.29 is 33.0 Å². The summed E-state index contributed by atoms with van der Waals surface area (Å²) in [6, 6.07) is 11.8.